The molecule has 0 aliphatic heterocycles. The topological polar surface area (TPSA) is 0 Å². The molecule has 0 nitrogen and oxygen atoms in total. The van der Waals surface area contributed by atoms with Gasteiger partial charge in [0, 0.05) is 2.74 Å². The molecule has 92 valence electrons. The molecule has 0 aromatic heterocycles. The summed E-state index contributed by atoms with van der Waals surface area (Å²) in [5.41, 5.74) is 3.49. The highest BCUT2D eigenvalue weighted by Crippen LogP contribution is 2.21. The molecule has 0 N–H and O–H groups in total. The fourth-order valence-electron chi connectivity index (χ4n) is 2.10. The highest BCUT2D eigenvalue weighted by molar-refractivity contribution is 5.64. The maximum absolute atomic E-state index is 8.43. The smallest absolute Gasteiger partial charge is 0.0366 e. The Bertz CT molecular complexity index is 719. The standard InChI is InChI=1S/C19H16/c1-3-8-16(9-4-1)14-17-10-7-13-19(15-17)18-11-5-2-6-12-18/h1-13,15H,14H2/i14D2. The van der Waals surface area contributed by atoms with E-state index in [0.29, 0.717) is 11.1 Å². The van der Waals surface area contributed by atoms with Crippen LogP contribution in [0.4, 0.5) is 0 Å². The minimum atomic E-state index is -1.49. The van der Waals surface area contributed by atoms with E-state index in [1.54, 1.807) is 0 Å². The lowest BCUT2D eigenvalue weighted by molar-refractivity contribution is 1.19. The predicted molar refractivity (Wildman–Crippen MR) is 81.1 cm³/mol. The first-order chi connectivity index (χ1) is 10.2. The zero-order chi connectivity index (χ0) is 14.7. The Morgan fingerprint density at radius 2 is 1.16 bits per heavy atom. The molecular formula is C19H16. The fourth-order valence-corrected chi connectivity index (χ4v) is 2.10. The van der Waals surface area contributed by atoms with Crippen LogP contribution in [0.3, 0.4) is 0 Å². The Hall–Kier alpha value is -2.34. The van der Waals surface area contributed by atoms with Gasteiger partial charge in [0.2, 0.25) is 0 Å². The monoisotopic (exact) mass is 246 g/mol. The Labute approximate surface area is 117 Å². The van der Waals surface area contributed by atoms with E-state index in [0.717, 1.165) is 11.1 Å². The van der Waals surface area contributed by atoms with Crippen LogP contribution in [0.25, 0.3) is 11.1 Å². The van der Waals surface area contributed by atoms with Crippen molar-refractivity contribution in [3.05, 3.63) is 96.1 Å². The summed E-state index contributed by atoms with van der Waals surface area (Å²) in [6.07, 6.45) is -1.49. The minimum absolute atomic E-state index is 0.676. The molecule has 0 bridgehead atoms. The normalized spacial score (nSPS) is 12.6. The largest absolute Gasteiger partial charge is 0.0622 e. The maximum atomic E-state index is 8.43. The van der Waals surface area contributed by atoms with E-state index in [1.807, 2.05) is 84.9 Å². The van der Waals surface area contributed by atoms with Crippen LogP contribution in [0.15, 0.2) is 84.9 Å². The zero-order valence-electron chi connectivity index (χ0n) is 12.6. The van der Waals surface area contributed by atoms with Crippen molar-refractivity contribution in [2.75, 3.05) is 0 Å². The quantitative estimate of drug-likeness (QED) is 0.613. The average molecular weight is 246 g/mol. The first-order valence-electron chi connectivity index (χ1n) is 7.39. The molecule has 0 aliphatic carbocycles. The molecule has 0 heteroatoms. The van der Waals surface area contributed by atoms with Gasteiger partial charge in [-0.2, -0.15) is 0 Å². The summed E-state index contributed by atoms with van der Waals surface area (Å²) in [7, 11) is 0. The van der Waals surface area contributed by atoms with Crippen LogP contribution in [0, 0.1) is 0 Å². The van der Waals surface area contributed by atoms with Gasteiger partial charge in [-0.25, -0.2) is 0 Å². The van der Waals surface area contributed by atoms with Gasteiger partial charge in [0.05, 0.1) is 0 Å². The number of hydrogen-bond acceptors (Lipinski definition) is 0. The van der Waals surface area contributed by atoms with E-state index in [2.05, 4.69) is 0 Å². The molecule has 3 aromatic rings. The highest BCUT2D eigenvalue weighted by Gasteiger charge is 1.99. The lowest BCUT2D eigenvalue weighted by atomic mass is 9.99. The van der Waals surface area contributed by atoms with Gasteiger partial charge in [-0.3, -0.25) is 0 Å². The van der Waals surface area contributed by atoms with Gasteiger partial charge in [0.25, 0.3) is 0 Å². The summed E-state index contributed by atoms with van der Waals surface area (Å²) >= 11 is 0. The number of rotatable bonds is 3. The van der Waals surface area contributed by atoms with Crippen molar-refractivity contribution in [2.45, 2.75) is 6.37 Å². The van der Waals surface area contributed by atoms with Crippen molar-refractivity contribution in [1.82, 2.24) is 0 Å². The summed E-state index contributed by atoms with van der Waals surface area (Å²) in [6, 6.07) is 27.1. The molecule has 3 aromatic carbocycles. The molecule has 0 saturated carbocycles. The highest BCUT2D eigenvalue weighted by atomic mass is 14.0. The van der Waals surface area contributed by atoms with Crippen molar-refractivity contribution >= 4 is 0 Å². The van der Waals surface area contributed by atoms with Crippen molar-refractivity contribution in [3.8, 4) is 11.1 Å². The second kappa shape index (κ2) is 5.53. The maximum Gasteiger partial charge on any atom is 0.0366 e. The van der Waals surface area contributed by atoms with E-state index in [4.69, 9.17) is 2.74 Å². The third kappa shape index (κ3) is 2.92. The summed E-state index contributed by atoms with van der Waals surface area (Å²) in [4.78, 5) is 0. The van der Waals surface area contributed by atoms with E-state index < -0.39 is 6.37 Å². The van der Waals surface area contributed by atoms with Gasteiger partial charge in [0.15, 0.2) is 0 Å². The second-order valence-corrected chi connectivity index (χ2v) is 4.44. The van der Waals surface area contributed by atoms with Crippen LogP contribution < -0.4 is 0 Å². The predicted octanol–water partition coefficient (Wildman–Crippen LogP) is 4.94. The Morgan fingerprint density at radius 3 is 1.89 bits per heavy atom. The first-order valence-corrected chi connectivity index (χ1v) is 6.39. The summed E-state index contributed by atoms with van der Waals surface area (Å²) in [6.45, 7) is 0. The summed E-state index contributed by atoms with van der Waals surface area (Å²) < 4.78 is 16.9. The number of benzene rings is 3. The molecule has 0 spiro atoms. The van der Waals surface area contributed by atoms with Gasteiger partial charge < -0.3 is 0 Å². The first kappa shape index (κ1) is 9.57. The SMILES string of the molecule is [2H]C([2H])(c1ccccc1)c1cccc(-c2ccccc2)c1. The Balaban J connectivity index is 2.04. The minimum Gasteiger partial charge on any atom is -0.0622 e. The van der Waals surface area contributed by atoms with E-state index in [1.165, 1.54) is 0 Å². The lowest BCUT2D eigenvalue weighted by Gasteiger charge is -2.06. The van der Waals surface area contributed by atoms with Crippen molar-refractivity contribution in [2.24, 2.45) is 0 Å². The van der Waals surface area contributed by atoms with Crippen LogP contribution in [-0.2, 0) is 6.37 Å². The van der Waals surface area contributed by atoms with Crippen molar-refractivity contribution < 1.29 is 2.74 Å². The van der Waals surface area contributed by atoms with Gasteiger partial charge in [0.1, 0.15) is 0 Å². The molecular weight excluding hydrogens is 228 g/mol. The molecule has 0 aliphatic rings. The zero-order valence-corrected chi connectivity index (χ0v) is 10.6. The van der Waals surface area contributed by atoms with E-state index >= 15 is 0 Å². The second-order valence-electron chi connectivity index (χ2n) is 4.44. The van der Waals surface area contributed by atoms with Crippen LogP contribution in [0.5, 0.6) is 0 Å². The number of hydrogen-bond donors (Lipinski definition) is 0. The Morgan fingerprint density at radius 1 is 0.579 bits per heavy atom. The van der Waals surface area contributed by atoms with Crippen LogP contribution >= 0.6 is 0 Å². The van der Waals surface area contributed by atoms with E-state index in [-0.39, 0.29) is 0 Å². The van der Waals surface area contributed by atoms with Gasteiger partial charge in [-0.05, 0) is 28.6 Å². The van der Waals surface area contributed by atoms with Crippen molar-refractivity contribution in [1.29, 1.82) is 0 Å². The molecule has 19 heavy (non-hydrogen) atoms. The van der Waals surface area contributed by atoms with Crippen LogP contribution in [-0.4, -0.2) is 0 Å². The van der Waals surface area contributed by atoms with Gasteiger partial charge in [-0.15, -0.1) is 0 Å². The Kier molecular flexibility index (Phi) is 2.79. The average Bonchev–Trinajstić information content (AvgIpc) is 2.57. The van der Waals surface area contributed by atoms with Crippen LogP contribution in [0.2, 0.25) is 0 Å². The van der Waals surface area contributed by atoms with Crippen molar-refractivity contribution in [3.63, 3.8) is 0 Å². The molecule has 0 saturated heterocycles. The van der Waals surface area contributed by atoms with Crippen LogP contribution in [0.1, 0.15) is 13.9 Å². The molecule has 0 atom stereocenters. The van der Waals surface area contributed by atoms with E-state index in [9.17, 15) is 0 Å². The molecule has 3 rings (SSSR count). The molecule has 0 heterocycles. The summed E-state index contributed by atoms with van der Waals surface area (Å²) in [5.74, 6) is 0. The molecule has 0 unspecified atom stereocenters. The molecule has 0 radical (unpaired) electrons. The fraction of sp³-hybridized carbons (Fsp3) is 0.0526. The lowest BCUT2D eigenvalue weighted by Crippen LogP contribution is -1.88. The third-order valence-corrected chi connectivity index (χ3v) is 3.03. The third-order valence-electron chi connectivity index (χ3n) is 3.03. The van der Waals surface area contributed by atoms with Gasteiger partial charge in [-0.1, -0.05) is 84.9 Å². The molecule has 0 fully saturated rings. The molecule has 0 amide bonds. The van der Waals surface area contributed by atoms with Gasteiger partial charge >= 0.3 is 0 Å². The summed E-state index contributed by atoms with van der Waals surface area (Å²) in [5, 5.41) is 0.